The summed E-state index contributed by atoms with van der Waals surface area (Å²) in [6.07, 6.45) is -1.69. The normalized spacial score (nSPS) is 20.8. The number of nitrogens with one attached hydrogen (secondary N) is 1. The first-order chi connectivity index (χ1) is 14.3. The molecule has 12 heteroatoms. The van der Waals surface area contributed by atoms with Crippen LogP contribution in [-0.4, -0.2) is 55.3 Å². The van der Waals surface area contributed by atoms with Gasteiger partial charge in [0.15, 0.2) is 0 Å². The summed E-state index contributed by atoms with van der Waals surface area (Å²) in [7, 11) is -4.15. The Morgan fingerprint density at radius 1 is 1.19 bits per heavy atom. The van der Waals surface area contributed by atoms with Crippen LogP contribution in [0.1, 0.15) is 5.56 Å². The zero-order chi connectivity index (χ0) is 23.1. The van der Waals surface area contributed by atoms with Crippen molar-refractivity contribution in [3.05, 3.63) is 59.4 Å². The van der Waals surface area contributed by atoms with Crippen molar-refractivity contribution < 1.29 is 40.3 Å². The second-order valence-electron chi connectivity index (χ2n) is 7.25. The van der Waals surface area contributed by atoms with Crippen molar-refractivity contribution in [1.82, 2.24) is 9.62 Å². The first-order valence-corrected chi connectivity index (χ1v) is 10.8. The Kier molecular flexibility index (Phi) is 5.98. The fourth-order valence-electron chi connectivity index (χ4n) is 3.63. The number of sulfonamides is 1. The van der Waals surface area contributed by atoms with Gasteiger partial charge in [0.2, 0.25) is 10.0 Å². The molecule has 2 N–H and O–H groups in total. The number of carbonyl (C=O) groups is 1. The van der Waals surface area contributed by atoms with Crippen LogP contribution in [0.3, 0.4) is 0 Å². The number of nitrogens with zero attached hydrogens (tertiary/aromatic N) is 1. The van der Waals surface area contributed by atoms with E-state index in [1.165, 1.54) is 18.2 Å². The number of rotatable bonds is 5. The molecule has 0 aliphatic carbocycles. The van der Waals surface area contributed by atoms with Gasteiger partial charge in [-0.1, -0.05) is 18.2 Å². The van der Waals surface area contributed by atoms with Crippen LogP contribution in [0.4, 0.5) is 26.7 Å². The van der Waals surface area contributed by atoms with Crippen molar-refractivity contribution in [2.24, 2.45) is 0 Å². The Hall–Kier alpha value is -2.73. The summed E-state index contributed by atoms with van der Waals surface area (Å²) in [5.41, 5.74) is -0.596. The maximum absolute atomic E-state index is 15.1. The van der Waals surface area contributed by atoms with Gasteiger partial charge in [-0.25, -0.2) is 39.9 Å². The Balaban J connectivity index is 2.03. The summed E-state index contributed by atoms with van der Waals surface area (Å²) in [6, 6.07) is 2.33. The molecule has 1 saturated heterocycles. The van der Waals surface area contributed by atoms with Crippen molar-refractivity contribution in [1.29, 1.82) is 0 Å². The number of hydrogen-bond acceptors (Lipinski definition) is 3. The van der Waals surface area contributed by atoms with Crippen LogP contribution in [-0.2, 0) is 16.4 Å². The molecule has 0 aromatic heterocycles. The lowest BCUT2D eigenvalue weighted by Gasteiger charge is -2.26. The molecule has 2 aromatic rings. The molecule has 6 nitrogen and oxygen atoms in total. The number of hydrogen-bond donors (Lipinski definition) is 2. The van der Waals surface area contributed by atoms with E-state index in [1.807, 2.05) is 0 Å². The van der Waals surface area contributed by atoms with Crippen LogP contribution in [0.25, 0.3) is 11.1 Å². The Labute approximate surface area is 174 Å². The number of amides is 1. The van der Waals surface area contributed by atoms with Crippen LogP contribution in [0.15, 0.2) is 36.4 Å². The van der Waals surface area contributed by atoms with Gasteiger partial charge in [0.05, 0.1) is 18.8 Å². The molecular formula is C19H17F5N2O4S. The average Bonchev–Trinajstić information content (AvgIpc) is 2.86. The van der Waals surface area contributed by atoms with E-state index in [1.54, 1.807) is 4.72 Å². The van der Waals surface area contributed by atoms with Crippen LogP contribution < -0.4 is 4.72 Å². The Morgan fingerprint density at radius 2 is 1.81 bits per heavy atom. The standard InChI is InChI=1S/C19H17F5N2O4S/c1-31(29,30)25-17-15(26(18(27)28)9-19(17,23)24)7-10-3-2-4-14(16(10)22)11-5-12(20)8-13(21)6-11/h2-6,8,15,17,25H,7,9H2,1H3,(H,27,28)/t15-,17+/m0/s1. The summed E-state index contributed by atoms with van der Waals surface area (Å²) in [5.74, 6) is -6.65. The fourth-order valence-corrected chi connectivity index (χ4v) is 4.42. The maximum Gasteiger partial charge on any atom is 0.407 e. The first kappa shape index (κ1) is 22.9. The third kappa shape index (κ3) is 4.96. The van der Waals surface area contributed by atoms with Crippen LogP contribution in [0.5, 0.6) is 0 Å². The molecule has 3 rings (SSSR count). The molecule has 0 saturated carbocycles. The monoisotopic (exact) mass is 464 g/mol. The summed E-state index contributed by atoms with van der Waals surface area (Å²) in [5, 5.41) is 9.31. The smallest absolute Gasteiger partial charge is 0.407 e. The van der Waals surface area contributed by atoms with E-state index in [4.69, 9.17) is 0 Å². The first-order valence-electron chi connectivity index (χ1n) is 8.87. The molecule has 1 aliphatic heterocycles. The molecule has 2 atom stereocenters. The molecule has 31 heavy (non-hydrogen) atoms. The van der Waals surface area contributed by atoms with Crippen molar-refractivity contribution in [3.8, 4) is 11.1 Å². The van der Waals surface area contributed by atoms with Crippen molar-refractivity contribution in [2.75, 3.05) is 12.8 Å². The van der Waals surface area contributed by atoms with E-state index < -0.39 is 64.5 Å². The molecule has 0 spiro atoms. The molecule has 168 valence electrons. The van der Waals surface area contributed by atoms with Gasteiger partial charge in [-0.15, -0.1) is 0 Å². The van der Waals surface area contributed by atoms with Gasteiger partial charge < -0.3 is 5.11 Å². The van der Waals surface area contributed by atoms with Gasteiger partial charge in [-0.05, 0) is 29.7 Å². The number of halogens is 5. The van der Waals surface area contributed by atoms with Gasteiger partial charge >= 0.3 is 6.09 Å². The molecule has 0 unspecified atom stereocenters. The lowest BCUT2D eigenvalue weighted by Crippen LogP contribution is -2.52. The number of likely N-dealkylation sites (tertiary alicyclic amines) is 1. The zero-order valence-corrected chi connectivity index (χ0v) is 16.8. The summed E-state index contributed by atoms with van der Waals surface area (Å²) in [6.45, 7) is -1.28. The fraction of sp³-hybridized carbons (Fsp3) is 0.316. The van der Waals surface area contributed by atoms with E-state index in [0.29, 0.717) is 17.2 Å². The maximum atomic E-state index is 15.1. The largest absolute Gasteiger partial charge is 0.465 e. The van der Waals surface area contributed by atoms with Crippen LogP contribution >= 0.6 is 0 Å². The van der Waals surface area contributed by atoms with Crippen LogP contribution in [0, 0.1) is 17.5 Å². The Morgan fingerprint density at radius 3 is 2.35 bits per heavy atom. The quantitative estimate of drug-likeness (QED) is 0.666. The second-order valence-corrected chi connectivity index (χ2v) is 9.03. The predicted octanol–water partition coefficient (Wildman–Crippen LogP) is 3.23. The number of benzene rings is 2. The Bertz CT molecular complexity index is 1110. The molecule has 1 amide bonds. The minimum Gasteiger partial charge on any atom is -0.465 e. The highest BCUT2D eigenvalue weighted by molar-refractivity contribution is 7.88. The molecule has 1 aliphatic rings. The molecule has 1 fully saturated rings. The summed E-state index contributed by atoms with van der Waals surface area (Å²) >= 11 is 0. The lowest BCUT2D eigenvalue weighted by molar-refractivity contribution is -0.00560. The summed E-state index contributed by atoms with van der Waals surface area (Å²) in [4.78, 5) is 11.8. The van der Waals surface area contributed by atoms with E-state index >= 15 is 4.39 Å². The van der Waals surface area contributed by atoms with Crippen molar-refractivity contribution in [2.45, 2.75) is 24.4 Å². The molecule has 0 radical (unpaired) electrons. The average molecular weight is 464 g/mol. The number of alkyl halides is 2. The van der Waals surface area contributed by atoms with E-state index in [9.17, 15) is 35.9 Å². The van der Waals surface area contributed by atoms with E-state index in [0.717, 1.165) is 12.1 Å². The number of carboxylic acid groups (broad SMARTS) is 1. The SMILES string of the molecule is CS(=O)(=O)N[C@@H]1[C@H](Cc2cccc(-c3cc(F)cc(F)c3)c2F)N(C(=O)O)CC1(F)F. The molecular weight excluding hydrogens is 447 g/mol. The third-order valence-electron chi connectivity index (χ3n) is 4.89. The highest BCUT2D eigenvalue weighted by Gasteiger charge is 2.57. The topological polar surface area (TPSA) is 86.7 Å². The highest BCUT2D eigenvalue weighted by Crippen LogP contribution is 2.36. The van der Waals surface area contributed by atoms with E-state index in [2.05, 4.69) is 0 Å². The predicted molar refractivity (Wildman–Crippen MR) is 101 cm³/mol. The van der Waals surface area contributed by atoms with Gasteiger partial charge in [0, 0.05) is 11.6 Å². The minimum atomic E-state index is -4.15. The van der Waals surface area contributed by atoms with Crippen LogP contribution in [0.2, 0.25) is 0 Å². The van der Waals surface area contributed by atoms with Gasteiger partial charge in [-0.2, -0.15) is 0 Å². The van der Waals surface area contributed by atoms with Crippen molar-refractivity contribution in [3.63, 3.8) is 0 Å². The summed E-state index contributed by atoms with van der Waals surface area (Å²) < 4.78 is 95.9. The van der Waals surface area contributed by atoms with Gasteiger partial charge in [-0.3, -0.25) is 4.90 Å². The molecule has 1 heterocycles. The van der Waals surface area contributed by atoms with Gasteiger partial charge in [0.25, 0.3) is 5.92 Å². The zero-order valence-electron chi connectivity index (χ0n) is 16.0. The lowest BCUT2D eigenvalue weighted by atomic mass is 9.95. The molecule has 2 aromatic carbocycles. The van der Waals surface area contributed by atoms with E-state index in [-0.39, 0.29) is 16.7 Å². The van der Waals surface area contributed by atoms with Crippen molar-refractivity contribution >= 4 is 16.1 Å². The third-order valence-corrected chi connectivity index (χ3v) is 5.57. The molecule has 0 bridgehead atoms. The second kappa shape index (κ2) is 8.08. The highest BCUT2D eigenvalue weighted by atomic mass is 32.2. The minimum absolute atomic E-state index is 0.144. The van der Waals surface area contributed by atoms with Gasteiger partial charge in [0.1, 0.15) is 23.5 Å².